The largest absolute Gasteiger partial charge is 0.337 e. The van der Waals surface area contributed by atoms with Crippen molar-refractivity contribution in [3.05, 3.63) is 54.1 Å². The van der Waals surface area contributed by atoms with Crippen LogP contribution in [0.3, 0.4) is 0 Å². The first-order valence-electron chi connectivity index (χ1n) is 7.50. The molecule has 0 saturated heterocycles. The zero-order chi connectivity index (χ0) is 15.8. The van der Waals surface area contributed by atoms with Gasteiger partial charge in [-0.25, -0.2) is 0 Å². The van der Waals surface area contributed by atoms with Gasteiger partial charge in [-0.05, 0) is 36.4 Å². The molecule has 1 aliphatic heterocycles. The van der Waals surface area contributed by atoms with E-state index >= 15 is 0 Å². The lowest BCUT2D eigenvalue weighted by molar-refractivity contribution is 0.0971. The molecule has 0 aliphatic carbocycles. The predicted molar refractivity (Wildman–Crippen MR) is 86.6 cm³/mol. The van der Waals surface area contributed by atoms with Gasteiger partial charge in [-0.1, -0.05) is 24.3 Å². The second kappa shape index (κ2) is 5.31. The van der Waals surface area contributed by atoms with Gasteiger partial charge in [0.05, 0.1) is 11.4 Å². The van der Waals surface area contributed by atoms with E-state index < -0.39 is 0 Å². The predicted octanol–water partition coefficient (Wildman–Crippen LogP) is 2.98. The van der Waals surface area contributed by atoms with Gasteiger partial charge < -0.3 is 4.90 Å². The standard InChI is InChI=1S/C17H15N5O/c1-11-10-16(23)12-6-2-4-8-14(12)22(11)15-9-5-3-7-13(15)17-18-20-21-19-17/h2-9,11H,10H2,1H3,(H,18,19,20,21). The van der Waals surface area contributed by atoms with Gasteiger partial charge in [0, 0.05) is 23.6 Å². The number of nitrogens with zero attached hydrogens (tertiary/aromatic N) is 4. The van der Waals surface area contributed by atoms with Gasteiger partial charge in [-0.2, -0.15) is 5.21 Å². The minimum atomic E-state index is 0.0606. The lowest BCUT2D eigenvalue weighted by atomic mass is 9.94. The number of benzene rings is 2. The maximum Gasteiger partial charge on any atom is 0.206 e. The number of carbonyl (C=O) groups is 1. The molecule has 3 aromatic rings. The Bertz CT molecular complexity index is 859. The van der Waals surface area contributed by atoms with Crippen LogP contribution >= 0.6 is 0 Å². The molecule has 6 heteroatoms. The first-order chi connectivity index (χ1) is 11.3. The van der Waals surface area contributed by atoms with E-state index in [0.29, 0.717) is 12.2 Å². The number of H-pyrrole nitrogens is 1. The summed E-state index contributed by atoms with van der Waals surface area (Å²) in [6.45, 7) is 2.06. The average Bonchev–Trinajstić information content (AvgIpc) is 3.10. The summed E-state index contributed by atoms with van der Waals surface area (Å²) in [6, 6.07) is 15.7. The summed E-state index contributed by atoms with van der Waals surface area (Å²) < 4.78 is 0. The molecule has 1 unspecified atom stereocenters. The number of hydrogen-bond acceptors (Lipinski definition) is 5. The van der Waals surface area contributed by atoms with Crippen LogP contribution in [-0.4, -0.2) is 32.4 Å². The molecule has 2 heterocycles. The summed E-state index contributed by atoms with van der Waals surface area (Å²) in [5.74, 6) is 0.726. The van der Waals surface area contributed by atoms with Gasteiger partial charge in [-0.3, -0.25) is 4.79 Å². The van der Waals surface area contributed by atoms with Crippen LogP contribution in [0.15, 0.2) is 48.5 Å². The van der Waals surface area contributed by atoms with Crippen LogP contribution in [0.25, 0.3) is 11.4 Å². The minimum Gasteiger partial charge on any atom is -0.337 e. The molecule has 1 aromatic heterocycles. The number of fused-ring (bicyclic) bond motifs is 1. The molecule has 4 rings (SSSR count). The van der Waals surface area contributed by atoms with Gasteiger partial charge in [0.25, 0.3) is 0 Å². The summed E-state index contributed by atoms with van der Waals surface area (Å²) in [5, 5.41) is 14.3. The van der Waals surface area contributed by atoms with E-state index in [9.17, 15) is 4.79 Å². The van der Waals surface area contributed by atoms with Crippen LogP contribution in [0.1, 0.15) is 23.7 Å². The van der Waals surface area contributed by atoms with Gasteiger partial charge in [-0.15, -0.1) is 10.2 Å². The van der Waals surface area contributed by atoms with Crippen LogP contribution in [0.4, 0.5) is 11.4 Å². The van der Waals surface area contributed by atoms with E-state index in [1.54, 1.807) is 0 Å². The number of aromatic nitrogens is 4. The molecular weight excluding hydrogens is 290 g/mol. The fourth-order valence-corrected chi connectivity index (χ4v) is 3.14. The number of anilines is 2. The third-order valence-corrected chi connectivity index (χ3v) is 4.14. The average molecular weight is 305 g/mol. The summed E-state index contributed by atoms with van der Waals surface area (Å²) in [6.07, 6.45) is 0.484. The molecule has 2 aromatic carbocycles. The monoisotopic (exact) mass is 305 g/mol. The molecule has 0 saturated carbocycles. The van der Waals surface area contributed by atoms with Crippen molar-refractivity contribution < 1.29 is 4.79 Å². The van der Waals surface area contributed by atoms with Crippen LogP contribution in [-0.2, 0) is 0 Å². The first kappa shape index (κ1) is 13.6. The molecule has 0 bridgehead atoms. The number of aromatic amines is 1. The smallest absolute Gasteiger partial charge is 0.206 e. The van der Waals surface area contributed by atoms with Crippen molar-refractivity contribution in [1.82, 2.24) is 20.6 Å². The number of hydrogen-bond donors (Lipinski definition) is 1. The molecule has 1 aliphatic rings. The summed E-state index contributed by atoms with van der Waals surface area (Å²) in [7, 11) is 0. The molecule has 0 spiro atoms. The molecule has 0 amide bonds. The number of Topliss-reactive ketones (excluding diaryl/α,β-unsaturated/α-hetero) is 1. The Balaban J connectivity index is 1.92. The molecule has 0 radical (unpaired) electrons. The number of tetrazole rings is 1. The minimum absolute atomic E-state index is 0.0606. The van der Waals surface area contributed by atoms with Crippen molar-refractivity contribution in [2.75, 3.05) is 4.90 Å². The molecule has 6 nitrogen and oxygen atoms in total. The van der Waals surface area contributed by atoms with E-state index in [4.69, 9.17) is 0 Å². The third kappa shape index (κ3) is 2.19. The summed E-state index contributed by atoms with van der Waals surface area (Å²) in [5.41, 5.74) is 3.54. The molecule has 1 N–H and O–H groups in total. The van der Waals surface area contributed by atoms with Crippen molar-refractivity contribution in [3.63, 3.8) is 0 Å². The summed E-state index contributed by atoms with van der Waals surface area (Å²) >= 11 is 0. The van der Waals surface area contributed by atoms with E-state index in [1.165, 1.54) is 0 Å². The summed E-state index contributed by atoms with van der Waals surface area (Å²) in [4.78, 5) is 14.5. The highest BCUT2D eigenvalue weighted by Gasteiger charge is 2.31. The molecule has 114 valence electrons. The first-order valence-corrected chi connectivity index (χ1v) is 7.50. The SMILES string of the molecule is CC1CC(=O)c2ccccc2N1c1ccccc1-c1nn[nH]n1. The van der Waals surface area contributed by atoms with Crippen LogP contribution < -0.4 is 4.90 Å². The van der Waals surface area contributed by atoms with Crippen molar-refractivity contribution in [1.29, 1.82) is 0 Å². The van der Waals surface area contributed by atoms with E-state index in [0.717, 1.165) is 22.5 Å². The second-order valence-electron chi connectivity index (χ2n) is 5.62. The molecule has 23 heavy (non-hydrogen) atoms. The fourth-order valence-electron chi connectivity index (χ4n) is 3.14. The van der Waals surface area contributed by atoms with Crippen molar-refractivity contribution in [2.45, 2.75) is 19.4 Å². The van der Waals surface area contributed by atoms with Crippen molar-refractivity contribution in [2.24, 2.45) is 0 Å². The lowest BCUT2D eigenvalue weighted by Crippen LogP contribution is -2.36. The zero-order valence-corrected chi connectivity index (χ0v) is 12.6. The van der Waals surface area contributed by atoms with Gasteiger partial charge in [0.1, 0.15) is 0 Å². The van der Waals surface area contributed by atoms with E-state index in [-0.39, 0.29) is 11.8 Å². The number of rotatable bonds is 2. The lowest BCUT2D eigenvalue weighted by Gasteiger charge is -2.37. The van der Waals surface area contributed by atoms with Gasteiger partial charge in [0.2, 0.25) is 5.82 Å². The van der Waals surface area contributed by atoms with Crippen LogP contribution in [0.2, 0.25) is 0 Å². The van der Waals surface area contributed by atoms with Gasteiger partial charge in [0.15, 0.2) is 5.78 Å². The maximum atomic E-state index is 12.3. The van der Waals surface area contributed by atoms with Crippen molar-refractivity contribution >= 4 is 17.2 Å². The van der Waals surface area contributed by atoms with E-state index in [1.807, 2.05) is 48.5 Å². The number of ketones is 1. The number of nitrogens with one attached hydrogen (secondary N) is 1. The zero-order valence-electron chi connectivity index (χ0n) is 12.6. The number of carbonyl (C=O) groups excluding carboxylic acids is 1. The number of para-hydroxylation sites is 2. The Morgan fingerprint density at radius 2 is 1.70 bits per heavy atom. The topological polar surface area (TPSA) is 74.8 Å². The normalized spacial score (nSPS) is 17.2. The van der Waals surface area contributed by atoms with E-state index in [2.05, 4.69) is 32.4 Å². The highest BCUT2D eigenvalue weighted by Crippen LogP contribution is 2.40. The highest BCUT2D eigenvalue weighted by atomic mass is 16.1. The van der Waals surface area contributed by atoms with Gasteiger partial charge >= 0.3 is 0 Å². The Morgan fingerprint density at radius 3 is 2.39 bits per heavy atom. The Labute approximate surface area is 133 Å². The third-order valence-electron chi connectivity index (χ3n) is 4.14. The molecular formula is C17H15N5O. The highest BCUT2D eigenvalue weighted by molar-refractivity contribution is 6.05. The van der Waals surface area contributed by atoms with Crippen LogP contribution in [0.5, 0.6) is 0 Å². The second-order valence-corrected chi connectivity index (χ2v) is 5.62. The van der Waals surface area contributed by atoms with Crippen LogP contribution in [0, 0.1) is 0 Å². The Kier molecular flexibility index (Phi) is 3.15. The molecule has 0 fully saturated rings. The van der Waals surface area contributed by atoms with Crippen molar-refractivity contribution in [3.8, 4) is 11.4 Å². The molecule has 1 atom stereocenters. The Hall–Kier alpha value is -3.02. The quantitative estimate of drug-likeness (QED) is 0.788. The Morgan fingerprint density at radius 1 is 1.04 bits per heavy atom. The fraction of sp³-hybridized carbons (Fsp3) is 0.176. The maximum absolute atomic E-state index is 12.3.